The van der Waals surface area contributed by atoms with Crippen LogP contribution in [0.1, 0.15) is 18.5 Å². The Labute approximate surface area is 152 Å². The van der Waals surface area contributed by atoms with Crippen LogP contribution in [-0.4, -0.2) is 34.1 Å². The zero-order valence-corrected chi connectivity index (χ0v) is 14.7. The second-order valence-electron chi connectivity index (χ2n) is 6.42. The van der Waals surface area contributed by atoms with Gasteiger partial charge in [0.15, 0.2) is 0 Å². The van der Waals surface area contributed by atoms with E-state index < -0.39 is 0 Å². The number of nitrogens with zero attached hydrogens (tertiary/aromatic N) is 3. The lowest BCUT2D eigenvalue weighted by Crippen LogP contribution is -2.37. The number of likely N-dealkylation sites (tertiary alicyclic amines) is 1. The van der Waals surface area contributed by atoms with Crippen molar-refractivity contribution in [1.29, 1.82) is 0 Å². The smallest absolute Gasteiger partial charge is 0.121 e. The molecule has 4 rings (SSSR count). The summed E-state index contributed by atoms with van der Waals surface area (Å²) in [6.45, 7) is 2.95. The molecule has 3 heterocycles. The maximum Gasteiger partial charge on any atom is 0.121 e. The lowest BCUT2D eigenvalue weighted by atomic mass is 10.1. The van der Waals surface area contributed by atoms with Crippen LogP contribution >= 0.6 is 11.6 Å². The third kappa shape index (κ3) is 3.91. The standard InChI is InChI=1S/C20H20ClN3O/c21-20-12-18(11-15-4-8-22-13-19(15)20)25-17-5-9-24(10-6-17)14-16-3-1-2-7-23-16/h1-4,7-8,11-13,17H,5-6,9-10,14H2. The molecule has 128 valence electrons. The molecule has 3 aromatic rings. The summed E-state index contributed by atoms with van der Waals surface area (Å²) in [6, 6.07) is 12.0. The van der Waals surface area contributed by atoms with Gasteiger partial charge in [0.25, 0.3) is 0 Å². The van der Waals surface area contributed by atoms with Crippen LogP contribution < -0.4 is 4.74 Å². The van der Waals surface area contributed by atoms with Gasteiger partial charge < -0.3 is 4.74 Å². The van der Waals surface area contributed by atoms with Gasteiger partial charge in [0, 0.05) is 43.6 Å². The first kappa shape index (κ1) is 16.3. The van der Waals surface area contributed by atoms with E-state index in [1.807, 2.05) is 36.5 Å². The molecule has 1 aliphatic heterocycles. The Hall–Kier alpha value is -2.17. The summed E-state index contributed by atoms with van der Waals surface area (Å²) in [7, 11) is 0. The summed E-state index contributed by atoms with van der Waals surface area (Å²) >= 11 is 6.36. The van der Waals surface area contributed by atoms with Gasteiger partial charge >= 0.3 is 0 Å². The van der Waals surface area contributed by atoms with E-state index in [0.717, 1.165) is 54.7 Å². The van der Waals surface area contributed by atoms with E-state index in [-0.39, 0.29) is 6.10 Å². The van der Waals surface area contributed by atoms with Crippen molar-refractivity contribution in [3.8, 4) is 5.75 Å². The molecule has 0 unspecified atom stereocenters. The Balaban J connectivity index is 1.37. The third-order valence-corrected chi connectivity index (χ3v) is 4.94. The van der Waals surface area contributed by atoms with Crippen molar-refractivity contribution in [2.75, 3.05) is 13.1 Å². The van der Waals surface area contributed by atoms with Crippen molar-refractivity contribution >= 4 is 22.4 Å². The molecule has 0 bridgehead atoms. The molecule has 1 fully saturated rings. The fraction of sp³-hybridized carbons (Fsp3) is 0.300. The maximum atomic E-state index is 6.36. The minimum Gasteiger partial charge on any atom is -0.490 e. The molecule has 0 radical (unpaired) electrons. The summed E-state index contributed by atoms with van der Waals surface area (Å²) < 4.78 is 6.20. The average Bonchev–Trinajstić information content (AvgIpc) is 2.64. The quantitative estimate of drug-likeness (QED) is 0.700. The molecule has 1 aromatic carbocycles. The Morgan fingerprint density at radius 2 is 2.00 bits per heavy atom. The Bertz CT molecular complexity index is 848. The SMILES string of the molecule is Clc1cc(OC2CCN(Cc3ccccn3)CC2)cc2ccncc12. The summed E-state index contributed by atoms with van der Waals surface area (Å²) in [4.78, 5) is 11.0. The van der Waals surface area contributed by atoms with Gasteiger partial charge in [-0.25, -0.2) is 0 Å². The number of halogens is 1. The van der Waals surface area contributed by atoms with Gasteiger partial charge in [-0.3, -0.25) is 14.9 Å². The van der Waals surface area contributed by atoms with E-state index in [2.05, 4.69) is 20.9 Å². The van der Waals surface area contributed by atoms with Crippen LogP contribution in [0.25, 0.3) is 10.8 Å². The Morgan fingerprint density at radius 3 is 2.80 bits per heavy atom. The number of aromatic nitrogens is 2. The molecule has 0 atom stereocenters. The molecule has 25 heavy (non-hydrogen) atoms. The van der Waals surface area contributed by atoms with Crippen LogP contribution in [0.2, 0.25) is 5.02 Å². The summed E-state index contributed by atoms with van der Waals surface area (Å²) in [6.07, 6.45) is 7.67. The van der Waals surface area contributed by atoms with Crippen LogP contribution in [0, 0.1) is 0 Å². The number of pyridine rings is 2. The van der Waals surface area contributed by atoms with Gasteiger partial charge in [-0.15, -0.1) is 0 Å². The predicted molar refractivity (Wildman–Crippen MR) is 99.9 cm³/mol. The molecule has 0 N–H and O–H groups in total. The lowest BCUT2D eigenvalue weighted by Gasteiger charge is -2.32. The highest BCUT2D eigenvalue weighted by Crippen LogP contribution is 2.30. The first-order valence-corrected chi connectivity index (χ1v) is 8.98. The highest BCUT2D eigenvalue weighted by Gasteiger charge is 2.21. The van der Waals surface area contributed by atoms with Crippen molar-refractivity contribution in [3.05, 3.63) is 65.7 Å². The molecule has 1 saturated heterocycles. The molecule has 5 heteroatoms. The molecule has 0 amide bonds. The van der Waals surface area contributed by atoms with E-state index in [0.29, 0.717) is 5.02 Å². The van der Waals surface area contributed by atoms with Crippen LogP contribution in [0.4, 0.5) is 0 Å². The van der Waals surface area contributed by atoms with E-state index in [4.69, 9.17) is 16.3 Å². The van der Waals surface area contributed by atoms with Crippen molar-refractivity contribution in [2.24, 2.45) is 0 Å². The first-order valence-electron chi connectivity index (χ1n) is 8.60. The van der Waals surface area contributed by atoms with Gasteiger partial charge in [0.1, 0.15) is 11.9 Å². The second-order valence-corrected chi connectivity index (χ2v) is 6.82. The number of hydrogen-bond acceptors (Lipinski definition) is 4. The lowest BCUT2D eigenvalue weighted by molar-refractivity contribution is 0.0962. The summed E-state index contributed by atoms with van der Waals surface area (Å²) in [5.41, 5.74) is 1.12. The predicted octanol–water partition coefficient (Wildman–Crippen LogP) is 4.33. The van der Waals surface area contributed by atoms with E-state index in [9.17, 15) is 0 Å². The molecular weight excluding hydrogens is 334 g/mol. The molecule has 2 aromatic heterocycles. The Morgan fingerprint density at radius 1 is 1.12 bits per heavy atom. The minimum atomic E-state index is 0.232. The number of ether oxygens (including phenoxy) is 1. The molecule has 0 saturated carbocycles. The van der Waals surface area contributed by atoms with Gasteiger partial charge in [0.05, 0.1) is 10.7 Å². The molecular formula is C20H20ClN3O. The van der Waals surface area contributed by atoms with Gasteiger partial charge in [-0.1, -0.05) is 17.7 Å². The zero-order chi connectivity index (χ0) is 17.1. The number of piperidine rings is 1. The van der Waals surface area contributed by atoms with Crippen LogP contribution in [0.15, 0.2) is 55.0 Å². The fourth-order valence-electron chi connectivity index (χ4n) is 3.29. The minimum absolute atomic E-state index is 0.232. The number of benzene rings is 1. The molecule has 4 nitrogen and oxygen atoms in total. The number of hydrogen-bond donors (Lipinski definition) is 0. The normalized spacial score (nSPS) is 16.2. The first-order chi connectivity index (χ1) is 12.3. The van der Waals surface area contributed by atoms with E-state index in [1.165, 1.54) is 0 Å². The van der Waals surface area contributed by atoms with Crippen LogP contribution in [-0.2, 0) is 6.54 Å². The van der Waals surface area contributed by atoms with E-state index >= 15 is 0 Å². The average molecular weight is 354 g/mol. The van der Waals surface area contributed by atoms with Gasteiger partial charge in [-0.05, 0) is 48.6 Å². The van der Waals surface area contributed by atoms with Gasteiger partial charge in [-0.2, -0.15) is 0 Å². The summed E-state index contributed by atoms with van der Waals surface area (Å²) in [5, 5.41) is 2.71. The topological polar surface area (TPSA) is 38.2 Å². The van der Waals surface area contributed by atoms with Crippen molar-refractivity contribution in [2.45, 2.75) is 25.5 Å². The third-order valence-electron chi connectivity index (χ3n) is 4.63. The molecule has 0 aliphatic carbocycles. The van der Waals surface area contributed by atoms with Crippen LogP contribution in [0.5, 0.6) is 5.75 Å². The highest BCUT2D eigenvalue weighted by atomic mass is 35.5. The monoisotopic (exact) mass is 353 g/mol. The summed E-state index contributed by atoms with van der Waals surface area (Å²) in [5.74, 6) is 0.840. The largest absolute Gasteiger partial charge is 0.490 e. The number of fused-ring (bicyclic) bond motifs is 1. The van der Waals surface area contributed by atoms with Crippen LogP contribution in [0.3, 0.4) is 0 Å². The zero-order valence-electron chi connectivity index (χ0n) is 13.9. The van der Waals surface area contributed by atoms with Crippen molar-refractivity contribution < 1.29 is 4.74 Å². The molecule has 0 spiro atoms. The van der Waals surface area contributed by atoms with Gasteiger partial charge in [0.2, 0.25) is 0 Å². The highest BCUT2D eigenvalue weighted by molar-refractivity contribution is 6.35. The second kappa shape index (κ2) is 7.38. The Kier molecular flexibility index (Phi) is 4.81. The maximum absolute atomic E-state index is 6.36. The van der Waals surface area contributed by atoms with E-state index in [1.54, 1.807) is 12.4 Å². The van der Waals surface area contributed by atoms with Crippen molar-refractivity contribution in [3.63, 3.8) is 0 Å². The molecule has 1 aliphatic rings. The number of rotatable bonds is 4. The fourth-order valence-corrected chi connectivity index (χ4v) is 3.56. The van der Waals surface area contributed by atoms with Crippen molar-refractivity contribution in [1.82, 2.24) is 14.9 Å².